The van der Waals surface area contributed by atoms with Crippen LogP contribution < -0.4 is 4.90 Å². The van der Waals surface area contributed by atoms with Crippen LogP contribution in [0.15, 0.2) is 134 Å². The highest BCUT2D eigenvalue weighted by Crippen LogP contribution is 2.42. The lowest BCUT2D eigenvalue weighted by molar-refractivity contribution is 0.0926. The molecule has 0 bridgehead atoms. The molecule has 0 saturated heterocycles. The molecule has 0 spiro atoms. The SMILES string of the molecule is O=C1c2cccc(-n3c4ccccc4c4c(-c5cncnc5)cccc43)c2C(=O)N1c1ccccc1-c1ccccc1. The van der Waals surface area contributed by atoms with Crippen LogP contribution in [-0.4, -0.2) is 26.3 Å². The minimum absolute atomic E-state index is 0.330. The number of hydrogen-bond acceptors (Lipinski definition) is 4. The average Bonchev–Trinajstić information content (AvgIpc) is 3.53. The highest BCUT2D eigenvalue weighted by atomic mass is 16.2. The molecule has 1 aliphatic heterocycles. The molecule has 0 unspecified atom stereocenters. The molecular weight excluding hydrogens is 520 g/mol. The number of benzene rings is 5. The number of rotatable bonds is 4. The largest absolute Gasteiger partial charge is 0.308 e. The summed E-state index contributed by atoms with van der Waals surface area (Å²) in [5.41, 5.74) is 7.53. The predicted octanol–water partition coefficient (Wildman–Crippen LogP) is 7.71. The van der Waals surface area contributed by atoms with E-state index in [0.29, 0.717) is 22.5 Å². The van der Waals surface area contributed by atoms with Gasteiger partial charge in [-0.15, -0.1) is 0 Å². The van der Waals surface area contributed by atoms with Gasteiger partial charge in [-0.25, -0.2) is 14.9 Å². The zero-order chi connectivity index (χ0) is 28.2. The molecule has 42 heavy (non-hydrogen) atoms. The van der Waals surface area contributed by atoms with E-state index >= 15 is 0 Å². The van der Waals surface area contributed by atoms with E-state index in [4.69, 9.17) is 0 Å². The Bertz CT molecular complexity index is 2190. The van der Waals surface area contributed by atoms with E-state index in [1.807, 2.05) is 97.1 Å². The first-order valence-electron chi connectivity index (χ1n) is 13.7. The number of carbonyl (C=O) groups excluding carboxylic acids is 2. The van der Waals surface area contributed by atoms with Crippen LogP contribution in [0.3, 0.4) is 0 Å². The average molecular weight is 543 g/mol. The summed E-state index contributed by atoms with van der Waals surface area (Å²) in [5, 5.41) is 2.07. The third kappa shape index (κ3) is 3.45. The second kappa shape index (κ2) is 9.35. The van der Waals surface area contributed by atoms with Gasteiger partial charge in [-0.3, -0.25) is 9.59 Å². The maximum atomic E-state index is 14.3. The fraction of sp³-hybridized carbons (Fsp3) is 0. The van der Waals surface area contributed by atoms with Crippen molar-refractivity contribution in [3.05, 3.63) is 145 Å². The number of aromatic nitrogens is 3. The minimum atomic E-state index is -0.340. The van der Waals surface area contributed by atoms with Gasteiger partial charge in [0, 0.05) is 34.3 Å². The van der Waals surface area contributed by atoms with Gasteiger partial charge in [0.2, 0.25) is 0 Å². The van der Waals surface area contributed by atoms with Crippen LogP contribution in [0, 0.1) is 0 Å². The fourth-order valence-electron chi connectivity index (χ4n) is 6.16. The van der Waals surface area contributed by atoms with Crippen molar-refractivity contribution in [2.45, 2.75) is 0 Å². The lowest BCUT2D eigenvalue weighted by atomic mass is 10.0. The number of anilines is 1. The highest BCUT2D eigenvalue weighted by molar-refractivity contribution is 6.36. The molecule has 3 heterocycles. The van der Waals surface area contributed by atoms with Gasteiger partial charge in [0.05, 0.1) is 33.5 Å². The summed E-state index contributed by atoms with van der Waals surface area (Å²) in [6, 6.07) is 37.1. The maximum absolute atomic E-state index is 14.3. The monoisotopic (exact) mass is 542 g/mol. The lowest BCUT2D eigenvalue weighted by Crippen LogP contribution is -2.30. The Labute approximate surface area is 241 Å². The molecule has 0 atom stereocenters. The van der Waals surface area contributed by atoms with E-state index in [1.54, 1.807) is 18.5 Å². The fourth-order valence-corrected chi connectivity index (χ4v) is 6.16. The van der Waals surface area contributed by atoms with Crippen LogP contribution in [0.5, 0.6) is 0 Å². The molecule has 5 aromatic carbocycles. The van der Waals surface area contributed by atoms with Crippen LogP contribution in [0.4, 0.5) is 5.69 Å². The number of imide groups is 1. The Hall–Kier alpha value is -5.88. The summed E-state index contributed by atoms with van der Waals surface area (Å²) in [7, 11) is 0. The molecule has 8 rings (SSSR count). The van der Waals surface area contributed by atoms with E-state index in [0.717, 1.165) is 44.1 Å². The third-order valence-electron chi connectivity index (χ3n) is 7.93. The summed E-state index contributed by atoms with van der Waals surface area (Å²) in [5.74, 6) is -0.671. The first-order valence-corrected chi connectivity index (χ1v) is 13.7. The van der Waals surface area contributed by atoms with Crippen molar-refractivity contribution >= 4 is 39.3 Å². The van der Waals surface area contributed by atoms with Gasteiger partial charge in [-0.05, 0) is 41.5 Å². The summed E-state index contributed by atoms with van der Waals surface area (Å²) in [6.07, 6.45) is 5.13. The van der Waals surface area contributed by atoms with Crippen molar-refractivity contribution in [3.63, 3.8) is 0 Å². The molecule has 198 valence electrons. The van der Waals surface area contributed by atoms with Gasteiger partial charge < -0.3 is 4.57 Å². The van der Waals surface area contributed by atoms with Crippen LogP contribution in [-0.2, 0) is 0 Å². The van der Waals surface area contributed by atoms with Gasteiger partial charge >= 0.3 is 0 Å². The van der Waals surface area contributed by atoms with E-state index < -0.39 is 0 Å². The highest BCUT2D eigenvalue weighted by Gasteiger charge is 2.40. The number of para-hydroxylation sites is 2. The van der Waals surface area contributed by atoms with E-state index in [-0.39, 0.29) is 11.8 Å². The molecule has 0 radical (unpaired) electrons. The molecule has 1 aliphatic rings. The first-order chi connectivity index (χ1) is 20.7. The molecule has 0 N–H and O–H groups in total. The third-order valence-corrected chi connectivity index (χ3v) is 7.93. The summed E-state index contributed by atoms with van der Waals surface area (Å²) in [6.45, 7) is 0. The molecule has 6 nitrogen and oxygen atoms in total. The summed E-state index contributed by atoms with van der Waals surface area (Å²) < 4.78 is 2.09. The van der Waals surface area contributed by atoms with Crippen molar-refractivity contribution in [1.82, 2.24) is 14.5 Å². The number of nitrogens with zero attached hydrogens (tertiary/aromatic N) is 4. The molecule has 2 aromatic heterocycles. The summed E-state index contributed by atoms with van der Waals surface area (Å²) >= 11 is 0. The van der Waals surface area contributed by atoms with Crippen LogP contribution in [0.2, 0.25) is 0 Å². The molecule has 0 aliphatic carbocycles. The topological polar surface area (TPSA) is 68.1 Å². The Morgan fingerprint density at radius 1 is 0.500 bits per heavy atom. The molecule has 2 amide bonds. The van der Waals surface area contributed by atoms with E-state index in [9.17, 15) is 9.59 Å². The van der Waals surface area contributed by atoms with Crippen molar-refractivity contribution in [1.29, 1.82) is 0 Å². The van der Waals surface area contributed by atoms with Gasteiger partial charge in [0.1, 0.15) is 6.33 Å². The van der Waals surface area contributed by atoms with E-state index in [2.05, 4.69) is 26.7 Å². The Morgan fingerprint density at radius 3 is 2.00 bits per heavy atom. The Morgan fingerprint density at radius 2 is 1.14 bits per heavy atom. The van der Waals surface area contributed by atoms with E-state index in [1.165, 1.54) is 11.2 Å². The molecule has 7 aromatic rings. The second-order valence-corrected chi connectivity index (χ2v) is 10.2. The van der Waals surface area contributed by atoms with Crippen LogP contribution in [0.1, 0.15) is 20.7 Å². The Balaban J connectivity index is 1.37. The van der Waals surface area contributed by atoms with Crippen molar-refractivity contribution in [2.75, 3.05) is 4.90 Å². The van der Waals surface area contributed by atoms with Gasteiger partial charge in [-0.2, -0.15) is 0 Å². The summed E-state index contributed by atoms with van der Waals surface area (Å²) in [4.78, 5) is 38.1. The predicted molar refractivity (Wildman–Crippen MR) is 165 cm³/mol. The van der Waals surface area contributed by atoms with Gasteiger partial charge in [0.25, 0.3) is 11.8 Å². The molecule has 0 saturated carbocycles. The quantitative estimate of drug-likeness (QED) is 0.214. The van der Waals surface area contributed by atoms with Gasteiger partial charge in [0.15, 0.2) is 0 Å². The standard InChI is InChI=1S/C36H22N4O2/c41-35-28-15-9-19-32(34(28)36(42)40(35)29-16-6-4-12-25(29)23-10-2-1-3-11-23)39-30-17-7-5-13-27(30)33-26(14-8-18-31(33)39)24-20-37-22-38-21-24/h1-22H. The number of carbonyl (C=O) groups is 2. The Kier molecular flexibility index (Phi) is 5.34. The molecule has 6 heteroatoms. The van der Waals surface area contributed by atoms with Crippen molar-refractivity contribution in [3.8, 4) is 27.9 Å². The van der Waals surface area contributed by atoms with Crippen molar-refractivity contribution in [2.24, 2.45) is 0 Å². The maximum Gasteiger partial charge on any atom is 0.268 e. The zero-order valence-electron chi connectivity index (χ0n) is 22.3. The normalized spacial score (nSPS) is 12.8. The minimum Gasteiger partial charge on any atom is -0.308 e. The second-order valence-electron chi connectivity index (χ2n) is 10.2. The van der Waals surface area contributed by atoms with Gasteiger partial charge in [-0.1, -0.05) is 84.9 Å². The number of fused-ring (bicyclic) bond motifs is 4. The molecular formula is C36H22N4O2. The smallest absolute Gasteiger partial charge is 0.268 e. The zero-order valence-corrected chi connectivity index (χ0v) is 22.3. The van der Waals surface area contributed by atoms with Crippen molar-refractivity contribution < 1.29 is 9.59 Å². The number of amides is 2. The lowest BCUT2D eigenvalue weighted by Gasteiger charge is -2.18. The number of hydrogen-bond donors (Lipinski definition) is 0. The van der Waals surface area contributed by atoms with Crippen LogP contribution >= 0.6 is 0 Å². The molecule has 0 fully saturated rings. The first kappa shape index (κ1) is 24.0. The van der Waals surface area contributed by atoms with Crippen LogP contribution in [0.25, 0.3) is 49.7 Å².